The zero-order valence-electron chi connectivity index (χ0n) is 12.5. The quantitative estimate of drug-likeness (QED) is 0.395. The Kier molecular flexibility index (Phi) is 10.6. The van der Waals surface area contributed by atoms with Gasteiger partial charge in [0.25, 0.3) is 15.9 Å². The van der Waals surface area contributed by atoms with Crippen LogP contribution in [-0.2, 0) is 18.1 Å². The van der Waals surface area contributed by atoms with Crippen LogP contribution in [0.25, 0.3) is 0 Å². The molecule has 0 heterocycles. The lowest BCUT2D eigenvalue weighted by molar-refractivity contribution is -0.230. The molecule has 0 aromatic heterocycles. The number of hydrogen-bond donors (Lipinski definition) is 0. The molecule has 0 unspecified atom stereocenters. The highest BCUT2D eigenvalue weighted by atomic mass is 31.3. The van der Waals surface area contributed by atoms with Gasteiger partial charge in [0.05, 0.1) is 26.4 Å². The summed E-state index contributed by atoms with van der Waals surface area (Å²) in [5.41, 5.74) is 1.54. The summed E-state index contributed by atoms with van der Waals surface area (Å²) in [6.07, 6.45) is 0. The summed E-state index contributed by atoms with van der Waals surface area (Å²) in [7, 11) is -7.31. The zero-order chi connectivity index (χ0) is 15.6. The van der Waals surface area contributed by atoms with Crippen molar-refractivity contribution in [2.75, 3.05) is 26.4 Å². The molecular weight excluding hydrogens is 318 g/mol. The largest absolute Gasteiger partial charge is 0.629 e. The Morgan fingerprint density at radius 2 is 1.20 bits per heavy atom. The highest BCUT2D eigenvalue weighted by molar-refractivity contribution is 7.80. The third-order valence-electron chi connectivity index (χ3n) is 2.10. The molecule has 0 saturated carbocycles. The van der Waals surface area contributed by atoms with Gasteiger partial charge in [-0.3, -0.25) is 0 Å². The molecule has 0 aliphatic heterocycles. The van der Waals surface area contributed by atoms with Gasteiger partial charge in [-0.15, -0.1) is 6.58 Å². The number of rotatable bonds is 12. The van der Waals surface area contributed by atoms with Gasteiger partial charge < -0.3 is 9.79 Å². The molecule has 0 spiro atoms. The minimum absolute atomic E-state index is 0.114. The average Bonchev–Trinajstić information content (AvgIpc) is 2.36. The van der Waals surface area contributed by atoms with Gasteiger partial charge in [-0.2, -0.15) is 0 Å². The fourth-order valence-electron chi connectivity index (χ4n) is 1.54. The highest BCUT2D eigenvalue weighted by Crippen LogP contribution is 2.74. The molecule has 2 radical (unpaired) electrons. The second-order valence-electron chi connectivity index (χ2n) is 3.50. The SMILES string of the molecule is C=C[Si]C([P+]([O-])(OCC)OCC)[P+]([O-])(OCC)OCC. The zero-order valence-corrected chi connectivity index (χ0v) is 15.3. The molecule has 0 N–H and O–H groups in total. The fourth-order valence-corrected chi connectivity index (χ4v) is 9.08. The first-order valence-corrected chi connectivity index (χ1v) is 11.0. The maximum Gasteiger partial charge on any atom is 0.277 e. The molecule has 118 valence electrons. The van der Waals surface area contributed by atoms with E-state index in [4.69, 9.17) is 18.1 Å². The molecule has 0 saturated heterocycles. The van der Waals surface area contributed by atoms with E-state index in [1.165, 1.54) is 0 Å². The van der Waals surface area contributed by atoms with Gasteiger partial charge in [0.2, 0.25) is 5.02 Å². The predicted molar refractivity (Wildman–Crippen MR) is 80.1 cm³/mol. The van der Waals surface area contributed by atoms with Gasteiger partial charge in [-0.25, -0.2) is 18.1 Å². The minimum atomic E-state index is -3.60. The molecule has 0 amide bonds. The van der Waals surface area contributed by atoms with Crippen LogP contribution in [0.2, 0.25) is 0 Å². The third-order valence-corrected chi connectivity index (χ3v) is 10.8. The summed E-state index contributed by atoms with van der Waals surface area (Å²) < 4.78 is 21.1. The van der Waals surface area contributed by atoms with E-state index < -0.39 is 20.9 Å². The van der Waals surface area contributed by atoms with Crippen LogP contribution in [-0.4, -0.2) is 41.0 Å². The van der Waals surface area contributed by atoms with Crippen LogP contribution in [0.3, 0.4) is 0 Å². The first-order valence-electron chi connectivity index (χ1n) is 6.58. The van der Waals surface area contributed by atoms with Crippen LogP contribution in [0.15, 0.2) is 12.3 Å². The lowest BCUT2D eigenvalue weighted by Gasteiger charge is -2.39. The monoisotopic (exact) mass is 342 g/mol. The van der Waals surface area contributed by atoms with E-state index in [0.29, 0.717) is 0 Å². The van der Waals surface area contributed by atoms with E-state index in [2.05, 4.69) is 6.58 Å². The topological polar surface area (TPSA) is 83.0 Å². The van der Waals surface area contributed by atoms with Crippen LogP contribution < -0.4 is 9.79 Å². The van der Waals surface area contributed by atoms with Gasteiger partial charge in [-0.1, -0.05) is 5.70 Å². The smallest absolute Gasteiger partial charge is 0.277 e. The average molecular weight is 342 g/mol. The Morgan fingerprint density at radius 1 is 0.900 bits per heavy atom. The standard InChI is InChI=1S/C11H24O6P2Si/c1-6-14-18(12,15-7-2)11(20-10-5)19(13,16-8-3)17-9-4/h10-11H,5-9H2,1-4H3. The molecule has 0 aliphatic carbocycles. The Balaban J connectivity index is 5.45. The van der Waals surface area contributed by atoms with Crippen LogP contribution in [0.4, 0.5) is 0 Å². The second-order valence-corrected chi connectivity index (χ2v) is 10.4. The van der Waals surface area contributed by atoms with E-state index in [1.54, 1.807) is 33.4 Å². The fraction of sp³-hybridized carbons (Fsp3) is 0.818. The summed E-state index contributed by atoms with van der Waals surface area (Å²) in [4.78, 5) is 25.8. The lowest BCUT2D eigenvalue weighted by atomic mass is 10.9. The molecular formula is C11H24O6P2Si. The molecule has 0 aromatic rings. The van der Waals surface area contributed by atoms with Crippen LogP contribution in [0.5, 0.6) is 0 Å². The van der Waals surface area contributed by atoms with E-state index in [9.17, 15) is 9.79 Å². The predicted octanol–water partition coefficient (Wildman–Crippen LogP) is 1.51. The molecule has 6 nitrogen and oxygen atoms in total. The van der Waals surface area contributed by atoms with Crippen molar-refractivity contribution in [2.45, 2.75) is 32.7 Å². The Morgan fingerprint density at radius 3 is 1.40 bits per heavy atom. The Labute approximate surface area is 125 Å². The van der Waals surface area contributed by atoms with Gasteiger partial charge in [0.1, 0.15) is 0 Å². The van der Waals surface area contributed by atoms with Crippen molar-refractivity contribution in [1.82, 2.24) is 0 Å². The third kappa shape index (κ3) is 5.76. The van der Waals surface area contributed by atoms with Crippen LogP contribution in [0.1, 0.15) is 27.7 Å². The summed E-state index contributed by atoms with van der Waals surface area (Å²) in [6, 6.07) is 0. The van der Waals surface area contributed by atoms with E-state index in [-0.39, 0.29) is 35.9 Å². The van der Waals surface area contributed by atoms with Crippen LogP contribution >= 0.6 is 15.9 Å². The molecule has 20 heavy (non-hydrogen) atoms. The molecule has 9 heteroatoms. The van der Waals surface area contributed by atoms with Crippen molar-refractivity contribution in [3.8, 4) is 0 Å². The van der Waals surface area contributed by atoms with Gasteiger partial charge in [0.15, 0.2) is 9.52 Å². The number of hydrogen-bond acceptors (Lipinski definition) is 6. The molecule has 0 fully saturated rings. The molecule has 0 bridgehead atoms. The highest BCUT2D eigenvalue weighted by Gasteiger charge is 2.57. The first kappa shape index (κ1) is 20.6. The lowest BCUT2D eigenvalue weighted by Crippen LogP contribution is -2.39. The van der Waals surface area contributed by atoms with Crippen molar-refractivity contribution in [3.05, 3.63) is 12.3 Å². The molecule has 0 aromatic carbocycles. The second kappa shape index (κ2) is 10.3. The van der Waals surface area contributed by atoms with Crippen molar-refractivity contribution < 1.29 is 27.9 Å². The molecule has 0 aliphatic rings. The summed E-state index contributed by atoms with van der Waals surface area (Å²) in [5.74, 6) is 0. The normalized spacial score (nSPS) is 12.9. The van der Waals surface area contributed by atoms with E-state index in [1.807, 2.05) is 0 Å². The Hall–Kier alpha value is 0.577. The van der Waals surface area contributed by atoms with Crippen molar-refractivity contribution in [3.63, 3.8) is 0 Å². The molecule has 0 atom stereocenters. The summed E-state index contributed by atoms with van der Waals surface area (Å²) in [5, 5.41) is -0.965. The van der Waals surface area contributed by atoms with Gasteiger partial charge in [0, 0.05) is 0 Å². The van der Waals surface area contributed by atoms with Crippen molar-refractivity contribution in [2.24, 2.45) is 0 Å². The first-order chi connectivity index (χ1) is 9.44. The maximum absolute atomic E-state index is 12.9. The van der Waals surface area contributed by atoms with Gasteiger partial charge in [-0.05, 0) is 27.7 Å². The summed E-state index contributed by atoms with van der Waals surface area (Å²) >= 11 is 0. The van der Waals surface area contributed by atoms with Crippen molar-refractivity contribution in [1.29, 1.82) is 0 Å². The molecule has 0 rings (SSSR count). The minimum Gasteiger partial charge on any atom is -0.629 e. The van der Waals surface area contributed by atoms with Crippen LogP contribution in [0, 0.1) is 0 Å². The van der Waals surface area contributed by atoms with E-state index >= 15 is 0 Å². The van der Waals surface area contributed by atoms with Gasteiger partial charge >= 0.3 is 0 Å². The van der Waals surface area contributed by atoms with Crippen molar-refractivity contribution >= 4 is 25.4 Å². The maximum atomic E-state index is 12.9. The van der Waals surface area contributed by atoms with E-state index in [0.717, 1.165) is 0 Å². The summed E-state index contributed by atoms with van der Waals surface area (Å²) in [6.45, 7) is 11.2. The Bertz CT molecular complexity index is 248.